The van der Waals surface area contributed by atoms with E-state index in [4.69, 9.17) is 4.74 Å². The Morgan fingerprint density at radius 1 is 1.25 bits per heavy atom. The summed E-state index contributed by atoms with van der Waals surface area (Å²) in [4.78, 5) is 0. The standard InChI is InChI=1S/C16H17BrFNO/c1-19-15(13-5-3-4-6-14(13)18)10-11-9-12(17)7-8-16(11)20-2/h3-9,15,19H,10H2,1-2H3. The Bertz CT molecular complexity index is 588. The molecule has 0 bridgehead atoms. The van der Waals surface area contributed by atoms with Crippen molar-refractivity contribution in [3.63, 3.8) is 0 Å². The molecular formula is C16H17BrFNO. The van der Waals surface area contributed by atoms with Crippen LogP contribution < -0.4 is 10.1 Å². The van der Waals surface area contributed by atoms with Gasteiger partial charge >= 0.3 is 0 Å². The number of hydrogen-bond acceptors (Lipinski definition) is 2. The van der Waals surface area contributed by atoms with E-state index in [1.165, 1.54) is 6.07 Å². The monoisotopic (exact) mass is 337 g/mol. The number of benzene rings is 2. The van der Waals surface area contributed by atoms with Crippen molar-refractivity contribution in [3.8, 4) is 5.75 Å². The molecule has 20 heavy (non-hydrogen) atoms. The molecule has 106 valence electrons. The van der Waals surface area contributed by atoms with Gasteiger partial charge in [-0.05, 0) is 43.3 Å². The molecule has 1 atom stereocenters. The maximum absolute atomic E-state index is 13.9. The summed E-state index contributed by atoms with van der Waals surface area (Å²) in [6, 6.07) is 12.6. The lowest BCUT2D eigenvalue weighted by molar-refractivity contribution is 0.405. The average Bonchev–Trinajstić information content (AvgIpc) is 2.46. The molecule has 2 aromatic rings. The Labute approximate surface area is 127 Å². The first-order chi connectivity index (χ1) is 9.65. The van der Waals surface area contributed by atoms with Crippen LogP contribution in [0.1, 0.15) is 17.2 Å². The van der Waals surface area contributed by atoms with Crippen molar-refractivity contribution in [2.24, 2.45) is 0 Å². The van der Waals surface area contributed by atoms with Gasteiger partial charge in [0, 0.05) is 16.1 Å². The fourth-order valence-electron chi connectivity index (χ4n) is 2.25. The summed E-state index contributed by atoms with van der Waals surface area (Å²) in [5.41, 5.74) is 1.70. The van der Waals surface area contributed by atoms with Crippen molar-refractivity contribution in [2.75, 3.05) is 14.2 Å². The molecule has 0 saturated carbocycles. The van der Waals surface area contributed by atoms with Crippen LogP contribution in [0.2, 0.25) is 0 Å². The molecule has 0 aromatic heterocycles. The third-order valence-electron chi connectivity index (χ3n) is 3.30. The molecule has 0 aliphatic heterocycles. The summed E-state index contributed by atoms with van der Waals surface area (Å²) in [5, 5.41) is 3.17. The maximum atomic E-state index is 13.9. The number of nitrogens with one attached hydrogen (secondary N) is 1. The Kier molecular flexibility index (Phi) is 5.15. The van der Waals surface area contributed by atoms with Gasteiger partial charge in [-0.2, -0.15) is 0 Å². The van der Waals surface area contributed by atoms with E-state index in [1.54, 1.807) is 19.2 Å². The van der Waals surface area contributed by atoms with Gasteiger partial charge in [-0.25, -0.2) is 4.39 Å². The zero-order chi connectivity index (χ0) is 14.5. The highest BCUT2D eigenvalue weighted by Gasteiger charge is 2.16. The third-order valence-corrected chi connectivity index (χ3v) is 3.79. The number of likely N-dealkylation sites (N-methyl/N-ethyl adjacent to an activating group) is 1. The van der Waals surface area contributed by atoms with Crippen LogP contribution in [0.15, 0.2) is 46.9 Å². The van der Waals surface area contributed by atoms with Gasteiger partial charge in [-0.3, -0.25) is 0 Å². The van der Waals surface area contributed by atoms with E-state index in [0.717, 1.165) is 15.8 Å². The minimum atomic E-state index is -0.194. The van der Waals surface area contributed by atoms with Crippen molar-refractivity contribution < 1.29 is 9.13 Å². The Morgan fingerprint density at radius 3 is 2.65 bits per heavy atom. The number of hydrogen-bond donors (Lipinski definition) is 1. The second-order valence-corrected chi connectivity index (χ2v) is 5.44. The molecule has 0 heterocycles. The molecule has 4 heteroatoms. The fourth-order valence-corrected chi connectivity index (χ4v) is 2.66. The topological polar surface area (TPSA) is 21.3 Å². The molecule has 1 N–H and O–H groups in total. The number of methoxy groups -OCH3 is 1. The molecule has 0 aliphatic carbocycles. The summed E-state index contributed by atoms with van der Waals surface area (Å²) >= 11 is 3.46. The van der Waals surface area contributed by atoms with Crippen molar-refractivity contribution in [3.05, 3.63) is 63.9 Å². The van der Waals surface area contributed by atoms with E-state index in [0.29, 0.717) is 12.0 Å². The molecule has 0 spiro atoms. The molecule has 2 rings (SSSR count). The predicted molar refractivity (Wildman–Crippen MR) is 82.6 cm³/mol. The number of halogens is 2. The van der Waals surface area contributed by atoms with E-state index in [-0.39, 0.29) is 11.9 Å². The molecule has 2 aromatic carbocycles. The van der Waals surface area contributed by atoms with Gasteiger partial charge in [0.05, 0.1) is 7.11 Å². The van der Waals surface area contributed by atoms with Gasteiger partial charge in [-0.15, -0.1) is 0 Å². The van der Waals surface area contributed by atoms with Gasteiger partial charge in [0.25, 0.3) is 0 Å². The van der Waals surface area contributed by atoms with Crippen LogP contribution in [-0.4, -0.2) is 14.2 Å². The highest BCUT2D eigenvalue weighted by Crippen LogP contribution is 2.28. The number of rotatable bonds is 5. The second-order valence-electron chi connectivity index (χ2n) is 4.52. The highest BCUT2D eigenvalue weighted by atomic mass is 79.9. The third kappa shape index (κ3) is 3.38. The quantitative estimate of drug-likeness (QED) is 0.886. The lowest BCUT2D eigenvalue weighted by Crippen LogP contribution is -2.20. The fraction of sp³-hybridized carbons (Fsp3) is 0.250. The van der Waals surface area contributed by atoms with Crippen LogP contribution in [0.25, 0.3) is 0 Å². The summed E-state index contributed by atoms with van der Waals surface area (Å²) in [6.07, 6.45) is 0.653. The molecule has 0 saturated heterocycles. The average molecular weight is 338 g/mol. The minimum Gasteiger partial charge on any atom is -0.496 e. The predicted octanol–water partition coefficient (Wildman–Crippen LogP) is 4.10. The summed E-state index contributed by atoms with van der Waals surface area (Å²) in [7, 11) is 3.48. The van der Waals surface area contributed by atoms with Crippen LogP contribution in [0.4, 0.5) is 4.39 Å². The van der Waals surface area contributed by atoms with Gasteiger partial charge in [0.15, 0.2) is 0 Å². The van der Waals surface area contributed by atoms with E-state index >= 15 is 0 Å². The van der Waals surface area contributed by atoms with Crippen LogP contribution >= 0.6 is 15.9 Å². The van der Waals surface area contributed by atoms with E-state index in [1.807, 2.05) is 31.3 Å². The van der Waals surface area contributed by atoms with Crippen LogP contribution in [0, 0.1) is 5.82 Å². The van der Waals surface area contributed by atoms with E-state index in [2.05, 4.69) is 21.2 Å². The van der Waals surface area contributed by atoms with Gasteiger partial charge < -0.3 is 10.1 Å². The van der Waals surface area contributed by atoms with Crippen molar-refractivity contribution in [1.82, 2.24) is 5.32 Å². The first kappa shape index (κ1) is 15.0. The van der Waals surface area contributed by atoms with E-state index < -0.39 is 0 Å². The van der Waals surface area contributed by atoms with Gasteiger partial charge in [0.1, 0.15) is 11.6 Å². The minimum absolute atomic E-state index is 0.0978. The van der Waals surface area contributed by atoms with Crippen molar-refractivity contribution in [1.29, 1.82) is 0 Å². The lowest BCUT2D eigenvalue weighted by atomic mass is 9.98. The molecule has 2 nitrogen and oxygen atoms in total. The Hall–Kier alpha value is -1.39. The maximum Gasteiger partial charge on any atom is 0.127 e. The molecule has 0 aliphatic rings. The van der Waals surface area contributed by atoms with Gasteiger partial charge in [0.2, 0.25) is 0 Å². The second kappa shape index (κ2) is 6.86. The van der Waals surface area contributed by atoms with Crippen molar-refractivity contribution >= 4 is 15.9 Å². The van der Waals surface area contributed by atoms with Crippen LogP contribution in [0.3, 0.4) is 0 Å². The van der Waals surface area contributed by atoms with Crippen molar-refractivity contribution in [2.45, 2.75) is 12.5 Å². The molecular weight excluding hydrogens is 321 g/mol. The van der Waals surface area contributed by atoms with Crippen LogP contribution in [-0.2, 0) is 6.42 Å². The smallest absolute Gasteiger partial charge is 0.127 e. The summed E-state index contributed by atoms with van der Waals surface area (Å²) in [5.74, 6) is 0.616. The first-order valence-corrected chi connectivity index (χ1v) is 7.19. The normalized spacial score (nSPS) is 12.2. The zero-order valence-electron chi connectivity index (χ0n) is 11.5. The molecule has 0 radical (unpaired) electrons. The van der Waals surface area contributed by atoms with Crippen LogP contribution in [0.5, 0.6) is 5.75 Å². The largest absolute Gasteiger partial charge is 0.496 e. The lowest BCUT2D eigenvalue weighted by Gasteiger charge is -2.19. The summed E-state index contributed by atoms with van der Waals surface area (Å²) in [6.45, 7) is 0. The first-order valence-electron chi connectivity index (χ1n) is 6.39. The SMILES string of the molecule is CNC(Cc1cc(Br)ccc1OC)c1ccccc1F. The molecule has 1 unspecified atom stereocenters. The van der Waals surface area contributed by atoms with E-state index in [9.17, 15) is 4.39 Å². The molecule has 0 amide bonds. The highest BCUT2D eigenvalue weighted by molar-refractivity contribution is 9.10. The molecule has 0 fully saturated rings. The Morgan fingerprint density at radius 2 is 2.00 bits per heavy atom. The Balaban J connectivity index is 2.31. The zero-order valence-corrected chi connectivity index (χ0v) is 13.1. The number of ether oxygens (including phenoxy) is 1. The van der Waals surface area contributed by atoms with Gasteiger partial charge in [-0.1, -0.05) is 34.1 Å². The summed E-state index contributed by atoms with van der Waals surface area (Å²) < 4.78 is 20.3.